The predicted molar refractivity (Wildman–Crippen MR) is 120 cm³/mol. The van der Waals surface area contributed by atoms with E-state index in [1.165, 1.54) is 6.20 Å². The van der Waals surface area contributed by atoms with Gasteiger partial charge < -0.3 is 15.7 Å². The number of nitrogens with one attached hydrogen (secondary N) is 2. The third-order valence-corrected chi connectivity index (χ3v) is 5.38. The first-order chi connectivity index (χ1) is 14.6. The Labute approximate surface area is 186 Å². The van der Waals surface area contributed by atoms with E-state index in [1.807, 2.05) is 40.8 Å². The number of anilines is 1. The van der Waals surface area contributed by atoms with Crippen molar-refractivity contribution in [2.24, 2.45) is 5.92 Å². The highest BCUT2D eigenvalue weighted by atomic mass is 127. The minimum atomic E-state index is -0.986. The minimum Gasteiger partial charge on any atom is -0.465 e. The van der Waals surface area contributed by atoms with Gasteiger partial charge in [0.2, 0.25) is 0 Å². The molecule has 1 aliphatic rings. The molecule has 1 saturated carbocycles. The largest absolute Gasteiger partial charge is 0.465 e. The Hall–Kier alpha value is -3.31. The topological polar surface area (TPSA) is 115 Å². The first kappa shape index (κ1) is 20.0. The molecule has 3 heterocycles. The lowest BCUT2D eigenvalue weighted by molar-refractivity contribution is 0.186. The second kappa shape index (κ2) is 8.59. The van der Waals surface area contributed by atoms with Crippen LogP contribution in [0.1, 0.15) is 24.0 Å². The number of carboxylic acid groups (broad SMARTS) is 1. The van der Waals surface area contributed by atoms with Crippen molar-refractivity contribution in [3.8, 4) is 27.3 Å². The molecule has 0 atom stereocenters. The van der Waals surface area contributed by atoms with E-state index in [9.17, 15) is 4.79 Å². The number of amides is 1. The molecule has 0 unspecified atom stereocenters. The van der Waals surface area contributed by atoms with Crippen LogP contribution in [0.4, 0.5) is 10.5 Å². The molecular formula is C21H17IN6O2. The smallest absolute Gasteiger partial charge is 0.404 e. The number of hydrogen-bond acceptors (Lipinski definition) is 5. The summed E-state index contributed by atoms with van der Waals surface area (Å²) < 4.78 is 4.65. The molecule has 4 rings (SSSR count). The number of hydrogen-bond donors (Lipinski definition) is 3. The molecule has 3 aromatic heterocycles. The van der Waals surface area contributed by atoms with Crippen molar-refractivity contribution in [1.29, 1.82) is 5.26 Å². The summed E-state index contributed by atoms with van der Waals surface area (Å²) in [6, 6.07) is 9.93. The van der Waals surface area contributed by atoms with E-state index in [4.69, 9.17) is 10.4 Å². The van der Waals surface area contributed by atoms with Gasteiger partial charge in [0.15, 0.2) is 0 Å². The van der Waals surface area contributed by atoms with Crippen LogP contribution < -0.4 is 10.6 Å². The van der Waals surface area contributed by atoms with Gasteiger partial charge in [-0.25, -0.2) is 9.31 Å². The summed E-state index contributed by atoms with van der Waals surface area (Å²) >= 11 is 2.00. The van der Waals surface area contributed by atoms with E-state index in [1.54, 1.807) is 16.8 Å². The molecule has 0 saturated heterocycles. The Bertz CT molecular complexity index is 1210. The van der Waals surface area contributed by atoms with E-state index in [-0.39, 0.29) is 6.04 Å². The highest BCUT2D eigenvalue weighted by molar-refractivity contribution is 14.1. The van der Waals surface area contributed by atoms with Gasteiger partial charge in [-0.15, -0.1) is 0 Å². The molecule has 3 N–H and O–H groups in total. The number of aromatic nitrogens is 3. The molecule has 1 amide bonds. The van der Waals surface area contributed by atoms with E-state index < -0.39 is 6.09 Å². The van der Waals surface area contributed by atoms with Crippen LogP contribution in [0, 0.1) is 27.1 Å². The van der Waals surface area contributed by atoms with E-state index in [0.29, 0.717) is 18.0 Å². The summed E-state index contributed by atoms with van der Waals surface area (Å²) in [7, 11) is 0. The molecule has 1 fully saturated rings. The molecule has 0 bridgehead atoms. The van der Waals surface area contributed by atoms with Gasteiger partial charge in [-0.05, 0) is 47.0 Å². The van der Waals surface area contributed by atoms with Crippen molar-refractivity contribution in [3.05, 3.63) is 47.8 Å². The molecule has 8 nitrogen and oxygen atoms in total. The monoisotopic (exact) mass is 512 g/mol. The highest BCUT2D eigenvalue weighted by Gasteiger charge is 2.29. The average molecular weight is 512 g/mol. The molecule has 0 spiro atoms. The van der Waals surface area contributed by atoms with Crippen molar-refractivity contribution in [2.75, 3.05) is 11.9 Å². The van der Waals surface area contributed by atoms with Gasteiger partial charge in [-0.2, -0.15) is 10.4 Å². The Morgan fingerprint density at radius 2 is 2.17 bits per heavy atom. The molecule has 0 aromatic carbocycles. The second-order valence-corrected chi connectivity index (χ2v) is 7.65. The van der Waals surface area contributed by atoms with Gasteiger partial charge in [0.25, 0.3) is 0 Å². The van der Waals surface area contributed by atoms with E-state index in [2.05, 4.69) is 36.6 Å². The van der Waals surface area contributed by atoms with Gasteiger partial charge in [-0.1, -0.05) is 5.92 Å². The maximum absolute atomic E-state index is 10.6. The maximum Gasteiger partial charge on any atom is 0.404 e. The number of fused-ring (bicyclic) bond motifs is 1. The summed E-state index contributed by atoms with van der Waals surface area (Å²) in [5.74, 6) is 3.41. The second-order valence-electron chi connectivity index (χ2n) is 7.11. The minimum absolute atomic E-state index is 0.260. The van der Waals surface area contributed by atoms with Crippen LogP contribution in [-0.2, 0) is 0 Å². The summed E-state index contributed by atoms with van der Waals surface area (Å²) in [6.07, 6.45) is 4.07. The molecule has 3 aromatic rings. The zero-order valence-corrected chi connectivity index (χ0v) is 17.9. The van der Waals surface area contributed by atoms with Crippen molar-refractivity contribution in [3.63, 3.8) is 0 Å². The zero-order chi connectivity index (χ0) is 21.1. The number of pyridine rings is 1. The van der Waals surface area contributed by atoms with Gasteiger partial charge in [-0.3, -0.25) is 4.98 Å². The van der Waals surface area contributed by atoms with Gasteiger partial charge in [0, 0.05) is 41.4 Å². The zero-order valence-electron chi connectivity index (χ0n) is 15.8. The van der Waals surface area contributed by atoms with E-state index in [0.717, 1.165) is 41.0 Å². The highest BCUT2D eigenvalue weighted by Crippen LogP contribution is 2.32. The number of nitrogens with zero attached hydrogens (tertiary/aromatic N) is 4. The lowest BCUT2D eigenvalue weighted by Crippen LogP contribution is -2.41. The number of nitriles is 1. The molecule has 0 radical (unpaired) electrons. The lowest BCUT2D eigenvalue weighted by atomic mass is 9.80. The van der Waals surface area contributed by atoms with Crippen LogP contribution in [0.15, 0.2) is 36.7 Å². The standard InChI is InChI=1S/C21H17IN6O2/c22-4-3-15-12-24-19(20-2-1-17-7-14(9-23)11-26-28(17)20)8-18(15)27-16-5-13(6-16)10-25-21(29)30/h1-2,7-8,11-13,16,25H,5-6,10H2,(H,24,27)(H,29,30). The summed E-state index contributed by atoms with van der Waals surface area (Å²) in [5, 5.41) is 28.1. The van der Waals surface area contributed by atoms with Crippen molar-refractivity contribution in [2.45, 2.75) is 18.9 Å². The van der Waals surface area contributed by atoms with Gasteiger partial charge >= 0.3 is 6.09 Å². The quantitative estimate of drug-likeness (QED) is 0.356. The van der Waals surface area contributed by atoms with Crippen LogP contribution >= 0.6 is 22.6 Å². The third kappa shape index (κ3) is 4.16. The molecule has 0 aliphatic heterocycles. The maximum atomic E-state index is 10.6. The fourth-order valence-electron chi connectivity index (χ4n) is 3.59. The predicted octanol–water partition coefficient (Wildman–Crippen LogP) is 3.47. The van der Waals surface area contributed by atoms with Crippen LogP contribution in [0.25, 0.3) is 16.9 Å². The Morgan fingerprint density at radius 1 is 1.33 bits per heavy atom. The van der Waals surface area contributed by atoms with Crippen LogP contribution in [0.5, 0.6) is 0 Å². The number of rotatable bonds is 5. The lowest BCUT2D eigenvalue weighted by Gasteiger charge is -2.36. The van der Waals surface area contributed by atoms with E-state index >= 15 is 0 Å². The summed E-state index contributed by atoms with van der Waals surface area (Å²) in [5.41, 5.74) is 4.60. The van der Waals surface area contributed by atoms with Crippen molar-refractivity contribution < 1.29 is 9.90 Å². The number of carbonyl (C=O) groups is 1. The Morgan fingerprint density at radius 3 is 2.90 bits per heavy atom. The molecule has 1 aliphatic carbocycles. The van der Waals surface area contributed by atoms with Gasteiger partial charge in [0.05, 0.1) is 39.9 Å². The first-order valence-electron chi connectivity index (χ1n) is 9.30. The third-order valence-electron chi connectivity index (χ3n) is 5.12. The van der Waals surface area contributed by atoms with Crippen molar-refractivity contribution in [1.82, 2.24) is 19.9 Å². The van der Waals surface area contributed by atoms with Crippen molar-refractivity contribution >= 4 is 39.9 Å². The normalized spacial score (nSPS) is 17.3. The Kier molecular flexibility index (Phi) is 5.72. The van der Waals surface area contributed by atoms with Gasteiger partial charge in [0.1, 0.15) is 6.07 Å². The summed E-state index contributed by atoms with van der Waals surface area (Å²) in [4.78, 5) is 15.2. The number of halogens is 1. The molecule has 150 valence electrons. The molecule has 30 heavy (non-hydrogen) atoms. The molecule has 9 heteroatoms. The fraction of sp³-hybridized carbons (Fsp3) is 0.238. The molecular weight excluding hydrogens is 495 g/mol. The van der Waals surface area contributed by atoms with Crippen LogP contribution in [0.2, 0.25) is 0 Å². The Balaban J connectivity index is 1.57. The first-order valence-corrected chi connectivity index (χ1v) is 10.4. The van der Waals surface area contributed by atoms with Crippen LogP contribution in [0.3, 0.4) is 0 Å². The summed E-state index contributed by atoms with van der Waals surface area (Å²) in [6.45, 7) is 0.474. The van der Waals surface area contributed by atoms with Crippen LogP contribution in [-0.4, -0.2) is 38.4 Å². The fourth-order valence-corrected chi connectivity index (χ4v) is 3.88. The SMILES string of the molecule is N#Cc1cnn2c(-c3cc(NC4CC(CNC(=O)O)C4)c(C#CI)cn3)ccc2c1. The average Bonchev–Trinajstić information content (AvgIpc) is 3.13.